The molecule has 1 aliphatic heterocycles. The van der Waals surface area contributed by atoms with Crippen LogP contribution in [-0.2, 0) is 4.74 Å². The SMILES string of the molecule is Cc1ccc(-c2noc([C@@H](C)Nc3nccc(N4C(=O)OC[C@@H]4C(C)C)n3)n2)cc1. The second-order valence-corrected chi connectivity index (χ2v) is 7.68. The standard InChI is InChI=1S/C21H24N6O3/c1-12(2)16-11-29-21(28)27(16)17-9-10-22-20(24-17)23-14(4)19-25-18(26-30-19)15-7-5-13(3)6-8-15/h5-10,12,14,16H,11H2,1-4H3,(H,22,23,24)/t14-,16-/m1/s1. The van der Waals surface area contributed by atoms with E-state index in [9.17, 15) is 4.79 Å². The number of aromatic nitrogens is 4. The van der Waals surface area contributed by atoms with Crippen LogP contribution in [0.1, 0.15) is 38.3 Å². The van der Waals surface area contributed by atoms with E-state index < -0.39 is 6.09 Å². The summed E-state index contributed by atoms with van der Waals surface area (Å²) >= 11 is 0. The zero-order chi connectivity index (χ0) is 21.3. The topological polar surface area (TPSA) is 106 Å². The smallest absolute Gasteiger partial charge is 0.415 e. The molecule has 1 N–H and O–H groups in total. The molecule has 0 unspecified atom stereocenters. The molecule has 3 heterocycles. The van der Waals surface area contributed by atoms with E-state index in [0.29, 0.717) is 30.1 Å². The number of amides is 1. The number of carbonyl (C=O) groups is 1. The van der Waals surface area contributed by atoms with Gasteiger partial charge in [-0.3, -0.25) is 4.90 Å². The quantitative estimate of drug-likeness (QED) is 0.652. The Kier molecular flexibility index (Phi) is 5.35. The van der Waals surface area contributed by atoms with Gasteiger partial charge in [0.25, 0.3) is 0 Å². The second-order valence-electron chi connectivity index (χ2n) is 7.68. The molecule has 4 rings (SSSR count). The normalized spacial score (nSPS) is 17.3. The summed E-state index contributed by atoms with van der Waals surface area (Å²) in [5.41, 5.74) is 2.05. The number of cyclic esters (lactones) is 1. The number of benzene rings is 1. The number of hydrogen-bond acceptors (Lipinski definition) is 8. The van der Waals surface area contributed by atoms with Crippen molar-refractivity contribution in [1.29, 1.82) is 0 Å². The van der Waals surface area contributed by atoms with Crippen molar-refractivity contribution < 1.29 is 14.1 Å². The minimum absolute atomic E-state index is 0.0642. The highest BCUT2D eigenvalue weighted by Gasteiger charge is 2.37. The lowest BCUT2D eigenvalue weighted by atomic mass is 10.0. The van der Waals surface area contributed by atoms with Gasteiger partial charge in [-0.05, 0) is 25.8 Å². The van der Waals surface area contributed by atoms with Crippen LogP contribution in [0.4, 0.5) is 16.6 Å². The van der Waals surface area contributed by atoms with Crippen LogP contribution in [0.3, 0.4) is 0 Å². The number of carbonyl (C=O) groups excluding carboxylic acids is 1. The van der Waals surface area contributed by atoms with Gasteiger partial charge in [0.15, 0.2) is 0 Å². The number of nitrogens with zero attached hydrogens (tertiary/aromatic N) is 5. The maximum Gasteiger partial charge on any atom is 0.415 e. The molecule has 2 atom stereocenters. The number of ether oxygens (including phenoxy) is 1. The van der Waals surface area contributed by atoms with Crippen LogP contribution in [0.5, 0.6) is 0 Å². The molecule has 0 radical (unpaired) electrons. The van der Waals surface area contributed by atoms with Crippen molar-refractivity contribution in [2.45, 2.75) is 39.8 Å². The Morgan fingerprint density at radius 1 is 1.13 bits per heavy atom. The van der Waals surface area contributed by atoms with Gasteiger partial charge < -0.3 is 14.6 Å². The molecule has 1 saturated heterocycles. The molecule has 1 aliphatic rings. The second kappa shape index (κ2) is 8.10. The van der Waals surface area contributed by atoms with Crippen molar-refractivity contribution in [2.75, 3.05) is 16.8 Å². The highest BCUT2D eigenvalue weighted by molar-refractivity contribution is 5.89. The summed E-state index contributed by atoms with van der Waals surface area (Å²) in [5, 5.41) is 7.22. The molecule has 9 nitrogen and oxygen atoms in total. The van der Waals surface area contributed by atoms with Gasteiger partial charge in [-0.1, -0.05) is 48.8 Å². The highest BCUT2D eigenvalue weighted by Crippen LogP contribution is 2.27. The van der Waals surface area contributed by atoms with Crippen LogP contribution in [0.15, 0.2) is 41.1 Å². The van der Waals surface area contributed by atoms with Gasteiger partial charge in [-0.2, -0.15) is 9.97 Å². The fraction of sp³-hybridized carbons (Fsp3) is 0.381. The summed E-state index contributed by atoms with van der Waals surface area (Å²) in [5.74, 6) is 2.03. The molecule has 1 amide bonds. The predicted octanol–water partition coefficient (Wildman–Crippen LogP) is 3.99. The van der Waals surface area contributed by atoms with Crippen LogP contribution in [-0.4, -0.2) is 38.9 Å². The van der Waals surface area contributed by atoms with E-state index in [-0.39, 0.29) is 18.0 Å². The molecule has 3 aromatic rings. The molecule has 156 valence electrons. The summed E-state index contributed by atoms with van der Waals surface area (Å²) in [6, 6.07) is 9.22. The predicted molar refractivity (Wildman–Crippen MR) is 111 cm³/mol. The summed E-state index contributed by atoms with van der Waals surface area (Å²) in [4.78, 5) is 27.0. The third-order valence-electron chi connectivity index (χ3n) is 5.03. The van der Waals surface area contributed by atoms with E-state index in [1.165, 1.54) is 0 Å². The number of aryl methyl sites for hydroxylation is 1. The Labute approximate surface area is 174 Å². The Bertz CT molecular complexity index is 1030. The molecule has 1 aromatic carbocycles. The first-order chi connectivity index (χ1) is 14.4. The van der Waals surface area contributed by atoms with Crippen LogP contribution in [0.2, 0.25) is 0 Å². The average molecular weight is 408 g/mol. The molecule has 0 aliphatic carbocycles. The molecule has 9 heteroatoms. The van der Waals surface area contributed by atoms with E-state index in [1.54, 1.807) is 17.2 Å². The van der Waals surface area contributed by atoms with Gasteiger partial charge in [-0.15, -0.1) is 0 Å². The zero-order valence-electron chi connectivity index (χ0n) is 17.4. The fourth-order valence-corrected chi connectivity index (χ4v) is 3.23. The first-order valence-electron chi connectivity index (χ1n) is 9.88. The molecule has 0 bridgehead atoms. The molecule has 1 fully saturated rings. The minimum atomic E-state index is -0.397. The Morgan fingerprint density at radius 3 is 2.63 bits per heavy atom. The number of rotatable bonds is 6. The van der Waals surface area contributed by atoms with Gasteiger partial charge in [0.05, 0.1) is 6.04 Å². The summed E-state index contributed by atoms with van der Waals surface area (Å²) < 4.78 is 10.6. The Morgan fingerprint density at radius 2 is 1.90 bits per heavy atom. The van der Waals surface area contributed by atoms with Crippen molar-refractivity contribution >= 4 is 17.9 Å². The molecule has 0 saturated carbocycles. The number of nitrogens with one attached hydrogen (secondary N) is 1. The van der Waals surface area contributed by atoms with E-state index in [1.807, 2.05) is 52.0 Å². The zero-order valence-corrected chi connectivity index (χ0v) is 17.4. The van der Waals surface area contributed by atoms with Gasteiger partial charge in [0, 0.05) is 11.8 Å². The number of hydrogen-bond donors (Lipinski definition) is 1. The maximum absolute atomic E-state index is 12.2. The molecular weight excluding hydrogens is 384 g/mol. The summed E-state index contributed by atoms with van der Waals surface area (Å²) in [6.45, 7) is 8.34. The van der Waals surface area contributed by atoms with Crippen molar-refractivity contribution in [1.82, 2.24) is 20.1 Å². The van der Waals surface area contributed by atoms with Crippen LogP contribution in [0, 0.1) is 12.8 Å². The summed E-state index contributed by atoms with van der Waals surface area (Å²) in [7, 11) is 0. The largest absolute Gasteiger partial charge is 0.447 e. The first-order valence-corrected chi connectivity index (χ1v) is 9.88. The summed E-state index contributed by atoms with van der Waals surface area (Å²) in [6.07, 6.45) is 1.21. The Hall–Kier alpha value is -3.49. The van der Waals surface area contributed by atoms with Gasteiger partial charge in [0.2, 0.25) is 17.7 Å². The van der Waals surface area contributed by atoms with Crippen LogP contribution >= 0.6 is 0 Å². The van der Waals surface area contributed by atoms with E-state index in [2.05, 4.69) is 25.4 Å². The molecule has 2 aromatic heterocycles. The third-order valence-corrected chi connectivity index (χ3v) is 5.03. The highest BCUT2D eigenvalue weighted by atomic mass is 16.6. The third kappa shape index (κ3) is 3.96. The van der Waals surface area contributed by atoms with E-state index in [4.69, 9.17) is 9.26 Å². The lowest BCUT2D eigenvalue weighted by molar-refractivity contribution is 0.177. The fourth-order valence-electron chi connectivity index (χ4n) is 3.23. The van der Waals surface area contributed by atoms with E-state index >= 15 is 0 Å². The van der Waals surface area contributed by atoms with Gasteiger partial charge in [-0.25, -0.2) is 9.78 Å². The number of anilines is 2. The lowest BCUT2D eigenvalue weighted by Gasteiger charge is -2.23. The van der Waals surface area contributed by atoms with Crippen LogP contribution < -0.4 is 10.2 Å². The maximum atomic E-state index is 12.2. The molecule has 30 heavy (non-hydrogen) atoms. The van der Waals surface area contributed by atoms with Crippen molar-refractivity contribution in [3.63, 3.8) is 0 Å². The van der Waals surface area contributed by atoms with Gasteiger partial charge >= 0.3 is 6.09 Å². The van der Waals surface area contributed by atoms with Crippen molar-refractivity contribution in [2.24, 2.45) is 5.92 Å². The van der Waals surface area contributed by atoms with E-state index in [0.717, 1.165) is 11.1 Å². The van der Waals surface area contributed by atoms with Gasteiger partial charge in [0.1, 0.15) is 18.5 Å². The Balaban J connectivity index is 1.50. The molecular formula is C21H24N6O3. The average Bonchev–Trinajstić information content (AvgIpc) is 3.36. The van der Waals surface area contributed by atoms with Crippen molar-refractivity contribution in [3.8, 4) is 11.4 Å². The monoisotopic (exact) mass is 408 g/mol. The molecule has 0 spiro atoms. The first kappa shape index (κ1) is 19.8. The minimum Gasteiger partial charge on any atom is -0.447 e. The van der Waals surface area contributed by atoms with Crippen LogP contribution in [0.25, 0.3) is 11.4 Å². The van der Waals surface area contributed by atoms with Crippen molar-refractivity contribution in [3.05, 3.63) is 48.0 Å². The lowest BCUT2D eigenvalue weighted by Crippen LogP contribution is -2.37.